The van der Waals surface area contributed by atoms with Crippen molar-refractivity contribution in [1.82, 2.24) is 20.6 Å². The maximum Gasteiger partial charge on any atom is 0.168 e. The van der Waals surface area contributed by atoms with Gasteiger partial charge in [0.15, 0.2) is 4.83 Å². The lowest BCUT2D eigenvalue weighted by Crippen LogP contribution is -1.87. The minimum atomic E-state index is 0.831. The molecule has 0 aliphatic carbocycles. The lowest BCUT2D eigenvalue weighted by Gasteiger charge is -1.77. The van der Waals surface area contributed by atoms with E-state index in [1.807, 2.05) is 13.0 Å². The molecule has 0 radical (unpaired) electrons. The molecular formula is C5H4N4S. The van der Waals surface area contributed by atoms with E-state index in [-0.39, 0.29) is 0 Å². The molecule has 0 saturated carbocycles. The molecule has 2 aromatic rings. The van der Waals surface area contributed by atoms with Crippen LogP contribution >= 0.6 is 11.3 Å². The number of nitrogens with zero attached hydrogens (tertiary/aromatic N) is 4. The molecule has 0 aliphatic rings. The molecule has 0 N–H and O–H groups in total. The topological polar surface area (TPSA) is 51.6 Å². The van der Waals surface area contributed by atoms with E-state index in [0.29, 0.717) is 0 Å². The van der Waals surface area contributed by atoms with Gasteiger partial charge in [-0.05, 0) is 23.4 Å². The summed E-state index contributed by atoms with van der Waals surface area (Å²) in [6.07, 6.45) is 0. The Bertz CT molecular complexity index is 322. The van der Waals surface area contributed by atoms with Crippen molar-refractivity contribution in [1.29, 1.82) is 0 Å². The first-order valence-corrected chi connectivity index (χ1v) is 3.60. The summed E-state index contributed by atoms with van der Waals surface area (Å²) in [6.45, 7) is 2.01. The van der Waals surface area contributed by atoms with E-state index >= 15 is 0 Å². The van der Waals surface area contributed by atoms with Gasteiger partial charge in [-0.2, -0.15) is 0 Å². The Balaban J connectivity index is 2.88. The third-order valence-electron chi connectivity index (χ3n) is 1.14. The van der Waals surface area contributed by atoms with Crippen LogP contribution in [0.4, 0.5) is 0 Å². The zero-order chi connectivity index (χ0) is 6.97. The summed E-state index contributed by atoms with van der Waals surface area (Å²) in [7, 11) is 0. The number of thiophene rings is 1. The van der Waals surface area contributed by atoms with Crippen LogP contribution < -0.4 is 0 Å². The summed E-state index contributed by atoms with van der Waals surface area (Å²) in [4.78, 5) is 2.04. The second-order valence-electron chi connectivity index (χ2n) is 1.93. The summed E-state index contributed by atoms with van der Waals surface area (Å²) in [5.41, 5.74) is 0.831. The Labute approximate surface area is 60.9 Å². The molecule has 0 spiro atoms. The van der Waals surface area contributed by atoms with Crippen molar-refractivity contribution in [2.24, 2.45) is 0 Å². The molecule has 0 saturated heterocycles. The SMILES string of the molecule is Cc1cc2nnnnc2s1. The first-order chi connectivity index (χ1) is 4.86. The first kappa shape index (κ1) is 5.67. The van der Waals surface area contributed by atoms with Gasteiger partial charge in [-0.15, -0.1) is 21.5 Å². The van der Waals surface area contributed by atoms with Crippen LogP contribution in [0.5, 0.6) is 0 Å². The summed E-state index contributed by atoms with van der Waals surface area (Å²) in [6, 6.07) is 1.95. The molecule has 5 heteroatoms. The van der Waals surface area contributed by atoms with Crippen molar-refractivity contribution < 1.29 is 0 Å². The van der Waals surface area contributed by atoms with Crippen molar-refractivity contribution in [3.8, 4) is 0 Å². The molecule has 0 amide bonds. The van der Waals surface area contributed by atoms with Crippen molar-refractivity contribution in [3.63, 3.8) is 0 Å². The monoisotopic (exact) mass is 152 g/mol. The van der Waals surface area contributed by atoms with Crippen LogP contribution in [0, 0.1) is 6.92 Å². The standard InChI is InChI=1S/C5H4N4S/c1-3-2-4-5(10-3)7-9-8-6-4/h2H,1H3. The largest absolute Gasteiger partial charge is 0.168 e. The quantitative estimate of drug-likeness (QED) is 0.560. The second-order valence-corrected chi connectivity index (χ2v) is 3.16. The van der Waals surface area contributed by atoms with Crippen LogP contribution in [-0.4, -0.2) is 20.6 Å². The molecule has 0 bridgehead atoms. The van der Waals surface area contributed by atoms with Gasteiger partial charge < -0.3 is 0 Å². The first-order valence-electron chi connectivity index (χ1n) is 2.78. The number of rotatable bonds is 0. The van der Waals surface area contributed by atoms with E-state index in [9.17, 15) is 0 Å². The highest BCUT2D eigenvalue weighted by Crippen LogP contribution is 2.18. The molecule has 0 aliphatic heterocycles. The predicted molar refractivity (Wildman–Crippen MR) is 37.7 cm³/mol. The van der Waals surface area contributed by atoms with Gasteiger partial charge in [0.25, 0.3) is 0 Å². The molecule has 0 aromatic carbocycles. The second kappa shape index (κ2) is 1.95. The fraction of sp³-hybridized carbons (Fsp3) is 0.200. The van der Waals surface area contributed by atoms with Crippen LogP contribution in [0.25, 0.3) is 10.3 Å². The lowest BCUT2D eigenvalue weighted by molar-refractivity contribution is 0.801. The maximum absolute atomic E-state index is 3.80. The highest BCUT2D eigenvalue weighted by Gasteiger charge is 1.99. The zero-order valence-corrected chi connectivity index (χ0v) is 6.09. The average Bonchev–Trinajstić information content (AvgIpc) is 2.27. The smallest absolute Gasteiger partial charge is 0.126 e. The van der Waals surface area contributed by atoms with Gasteiger partial charge >= 0.3 is 0 Å². The number of hydrogen-bond donors (Lipinski definition) is 0. The third kappa shape index (κ3) is 0.750. The lowest BCUT2D eigenvalue weighted by atomic mass is 10.5. The summed E-state index contributed by atoms with van der Waals surface area (Å²) >= 11 is 1.58. The van der Waals surface area contributed by atoms with Gasteiger partial charge in [0.1, 0.15) is 5.52 Å². The fourth-order valence-electron chi connectivity index (χ4n) is 0.761. The molecule has 2 rings (SSSR count). The Morgan fingerprint density at radius 1 is 1.30 bits per heavy atom. The summed E-state index contributed by atoms with van der Waals surface area (Å²) in [5, 5.41) is 14.4. The van der Waals surface area contributed by atoms with Crippen LogP contribution in [-0.2, 0) is 0 Å². The van der Waals surface area contributed by atoms with Crippen molar-refractivity contribution in [2.75, 3.05) is 0 Å². The number of fused-ring (bicyclic) bond motifs is 1. The fourth-order valence-corrected chi connectivity index (χ4v) is 1.52. The van der Waals surface area contributed by atoms with Crippen LogP contribution in [0.15, 0.2) is 6.07 Å². The normalized spacial score (nSPS) is 10.5. The molecule has 0 atom stereocenters. The molecule has 10 heavy (non-hydrogen) atoms. The van der Waals surface area contributed by atoms with Gasteiger partial charge in [-0.3, -0.25) is 0 Å². The Hall–Kier alpha value is -1.10. The molecule has 50 valence electrons. The average molecular weight is 152 g/mol. The molecular weight excluding hydrogens is 148 g/mol. The van der Waals surface area contributed by atoms with Gasteiger partial charge in [0.2, 0.25) is 0 Å². The maximum atomic E-state index is 3.80. The van der Waals surface area contributed by atoms with Crippen LogP contribution in [0.3, 0.4) is 0 Å². The Kier molecular flexibility index (Phi) is 1.10. The van der Waals surface area contributed by atoms with E-state index in [0.717, 1.165) is 10.3 Å². The molecule has 2 aromatic heterocycles. The van der Waals surface area contributed by atoms with Crippen molar-refractivity contribution in [3.05, 3.63) is 10.9 Å². The number of aromatic nitrogens is 4. The van der Waals surface area contributed by atoms with Gasteiger partial charge in [0, 0.05) is 4.88 Å². The molecule has 0 unspecified atom stereocenters. The van der Waals surface area contributed by atoms with Gasteiger partial charge in [0.05, 0.1) is 0 Å². The third-order valence-corrected chi connectivity index (χ3v) is 2.07. The van der Waals surface area contributed by atoms with Crippen molar-refractivity contribution in [2.45, 2.75) is 6.92 Å². The minimum Gasteiger partial charge on any atom is -0.126 e. The van der Waals surface area contributed by atoms with Gasteiger partial charge in [-0.1, -0.05) is 0 Å². The number of aryl methyl sites for hydroxylation is 1. The van der Waals surface area contributed by atoms with E-state index in [1.165, 1.54) is 4.88 Å². The molecule has 4 nitrogen and oxygen atoms in total. The Morgan fingerprint density at radius 3 is 2.90 bits per heavy atom. The van der Waals surface area contributed by atoms with E-state index in [4.69, 9.17) is 0 Å². The molecule has 0 fully saturated rings. The zero-order valence-electron chi connectivity index (χ0n) is 5.27. The van der Waals surface area contributed by atoms with Crippen LogP contribution in [0.1, 0.15) is 4.88 Å². The van der Waals surface area contributed by atoms with Crippen LogP contribution in [0.2, 0.25) is 0 Å². The molecule has 2 heterocycles. The predicted octanol–water partition coefficient (Wildman–Crippen LogP) is 0.790. The Morgan fingerprint density at radius 2 is 2.10 bits per heavy atom. The van der Waals surface area contributed by atoms with E-state index in [1.54, 1.807) is 11.3 Å². The van der Waals surface area contributed by atoms with E-state index in [2.05, 4.69) is 20.6 Å². The highest BCUT2D eigenvalue weighted by atomic mass is 32.1. The summed E-state index contributed by atoms with van der Waals surface area (Å²) < 4.78 is 0. The number of hydrogen-bond acceptors (Lipinski definition) is 5. The minimum absolute atomic E-state index is 0.831. The highest BCUT2D eigenvalue weighted by molar-refractivity contribution is 7.18. The van der Waals surface area contributed by atoms with Crippen molar-refractivity contribution >= 4 is 21.7 Å². The van der Waals surface area contributed by atoms with E-state index < -0.39 is 0 Å². The van der Waals surface area contributed by atoms with Gasteiger partial charge in [-0.25, -0.2) is 0 Å². The summed E-state index contributed by atoms with van der Waals surface area (Å²) in [5.74, 6) is 0.